The first-order chi connectivity index (χ1) is 16.0. The number of non-ortho nitro benzene ring substituents is 1. The molecular formula is C23H21ClN4O5. The normalized spacial score (nSPS) is 13.5. The lowest BCUT2D eigenvalue weighted by atomic mass is 10.1. The van der Waals surface area contributed by atoms with Crippen LogP contribution in [0.2, 0.25) is 5.02 Å². The van der Waals surface area contributed by atoms with Gasteiger partial charge in [0.25, 0.3) is 11.6 Å². The number of nitrogens with zero attached hydrogens (tertiary/aromatic N) is 4. The number of methoxy groups -OCH3 is 1. The molecule has 0 aliphatic carbocycles. The van der Waals surface area contributed by atoms with Crippen LogP contribution in [0.15, 0.2) is 60.8 Å². The molecule has 10 heteroatoms. The number of benzene rings is 2. The maximum Gasteiger partial charge on any atom is 0.270 e. The zero-order chi connectivity index (χ0) is 23.4. The number of hydrogen-bond acceptors (Lipinski definition) is 7. The molecule has 33 heavy (non-hydrogen) atoms. The molecule has 1 aromatic heterocycles. The Kier molecular flexibility index (Phi) is 6.60. The molecule has 0 atom stereocenters. The molecule has 2 heterocycles. The molecule has 1 amide bonds. The molecule has 4 rings (SSSR count). The molecule has 0 radical (unpaired) electrons. The summed E-state index contributed by atoms with van der Waals surface area (Å²) >= 11 is 6.24. The third-order valence-electron chi connectivity index (χ3n) is 5.30. The number of aromatic nitrogens is 1. The van der Waals surface area contributed by atoms with Crippen molar-refractivity contribution in [2.75, 3.05) is 38.2 Å². The van der Waals surface area contributed by atoms with E-state index in [1.807, 2.05) is 4.90 Å². The van der Waals surface area contributed by atoms with Gasteiger partial charge in [0.1, 0.15) is 23.1 Å². The van der Waals surface area contributed by atoms with Gasteiger partial charge >= 0.3 is 0 Å². The van der Waals surface area contributed by atoms with Gasteiger partial charge < -0.3 is 19.3 Å². The van der Waals surface area contributed by atoms with Crippen LogP contribution >= 0.6 is 11.6 Å². The summed E-state index contributed by atoms with van der Waals surface area (Å²) in [6.07, 6.45) is 1.67. The molecule has 0 bridgehead atoms. The quantitative estimate of drug-likeness (QED) is 0.390. The number of ether oxygens (including phenoxy) is 2. The Bertz CT molecular complexity index is 1160. The summed E-state index contributed by atoms with van der Waals surface area (Å²) in [5, 5.41) is 11.9. The van der Waals surface area contributed by atoms with Gasteiger partial charge in [-0.25, -0.2) is 4.98 Å². The van der Waals surface area contributed by atoms with Gasteiger partial charge in [-0.15, -0.1) is 0 Å². The zero-order valence-corrected chi connectivity index (χ0v) is 18.6. The Morgan fingerprint density at radius 1 is 1.06 bits per heavy atom. The van der Waals surface area contributed by atoms with Gasteiger partial charge in [0.15, 0.2) is 0 Å². The highest BCUT2D eigenvalue weighted by Gasteiger charge is 2.27. The van der Waals surface area contributed by atoms with Crippen LogP contribution in [-0.2, 0) is 0 Å². The number of rotatable bonds is 6. The van der Waals surface area contributed by atoms with E-state index in [2.05, 4.69) is 4.98 Å². The fourth-order valence-electron chi connectivity index (χ4n) is 3.56. The number of piperazine rings is 1. The number of carbonyl (C=O) groups excluding carboxylic acids is 1. The summed E-state index contributed by atoms with van der Waals surface area (Å²) in [4.78, 5) is 32.1. The minimum absolute atomic E-state index is 0.129. The van der Waals surface area contributed by atoms with E-state index in [0.29, 0.717) is 48.5 Å². The molecule has 2 aromatic carbocycles. The second-order valence-corrected chi connectivity index (χ2v) is 7.71. The summed E-state index contributed by atoms with van der Waals surface area (Å²) in [6.45, 7) is 1.89. The number of nitro benzene ring substituents is 1. The molecule has 9 nitrogen and oxygen atoms in total. The van der Waals surface area contributed by atoms with E-state index in [4.69, 9.17) is 21.1 Å². The van der Waals surface area contributed by atoms with Crippen LogP contribution in [-0.4, -0.2) is 54.0 Å². The summed E-state index contributed by atoms with van der Waals surface area (Å²) in [7, 11) is 1.56. The smallest absolute Gasteiger partial charge is 0.270 e. The first-order valence-corrected chi connectivity index (χ1v) is 10.6. The molecule has 1 saturated heterocycles. The molecule has 1 aliphatic rings. The summed E-state index contributed by atoms with van der Waals surface area (Å²) in [6, 6.07) is 14.4. The second-order valence-electron chi connectivity index (χ2n) is 7.30. The fraction of sp³-hybridized carbons (Fsp3) is 0.217. The van der Waals surface area contributed by atoms with Crippen LogP contribution in [0.25, 0.3) is 0 Å². The third-order valence-corrected chi connectivity index (χ3v) is 5.59. The van der Waals surface area contributed by atoms with Crippen molar-refractivity contribution in [1.82, 2.24) is 9.88 Å². The van der Waals surface area contributed by atoms with E-state index in [9.17, 15) is 14.9 Å². The fourth-order valence-corrected chi connectivity index (χ4v) is 3.80. The SMILES string of the molecule is COc1ccc(Oc2ccc([N+](=O)[O-])cc2C(=O)N2CCN(c3ncccc3Cl)CC2)cc1. The minimum atomic E-state index is -0.533. The maximum atomic E-state index is 13.3. The lowest BCUT2D eigenvalue weighted by Crippen LogP contribution is -2.49. The highest BCUT2D eigenvalue weighted by Crippen LogP contribution is 2.31. The lowest BCUT2D eigenvalue weighted by Gasteiger charge is -2.35. The van der Waals surface area contributed by atoms with E-state index in [-0.39, 0.29) is 22.9 Å². The van der Waals surface area contributed by atoms with Crippen molar-refractivity contribution in [2.24, 2.45) is 0 Å². The van der Waals surface area contributed by atoms with Crippen LogP contribution in [0.1, 0.15) is 10.4 Å². The van der Waals surface area contributed by atoms with Crippen LogP contribution in [0.3, 0.4) is 0 Å². The largest absolute Gasteiger partial charge is 0.497 e. The molecular weight excluding hydrogens is 448 g/mol. The van der Waals surface area contributed by atoms with Gasteiger partial charge in [0.05, 0.1) is 22.6 Å². The van der Waals surface area contributed by atoms with Gasteiger partial charge in [-0.1, -0.05) is 11.6 Å². The monoisotopic (exact) mass is 468 g/mol. The summed E-state index contributed by atoms with van der Waals surface area (Å²) in [5.74, 6) is 1.71. The van der Waals surface area contributed by atoms with Crippen molar-refractivity contribution >= 4 is 29.0 Å². The number of carbonyl (C=O) groups is 1. The van der Waals surface area contributed by atoms with Crippen LogP contribution < -0.4 is 14.4 Å². The predicted molar refractivity (Wildman–Crippen MR) is 124 cm³/mol. The highest BCUT2D eigenvalue weighted by molar-refractivity contribution is 6.32. The van der Waals surface area contributed by atoms with E-state index in [1.165, 1.54) is 18.2 Å². The van der Waals surface area contributed by atoms with E-state index >= 15 is 0 Å². The molecule has 1 aliphatic heterocycles. The zero-order valence-electron chi connectivity index (χ0n) is 17.8. The van der Waals surface area contributed by atoms with Gasteiger partial charge in [-0.3, -0.25) is 14.9 Å². The Balaban J connectivity index is 1.55. The average molecular weight is 469 g/mol. The van der Waals surface area contributed by atoms with Crippen molar-refractivity contribution in [2.45, 2.75) is 0 Å². The van der Waals surface area contributed by atoms with Gasteiger partial charge in [-0.05, 0) is 42.5 Å². The first-order valence-electron chi connectivity index (χ1n) is 10.2. The topological polar surface area (TPSA) is 98.0 Å². The third kappa shape index (κ3) is 4.98. The molecule has 1 fully saturated rings. The van der Waals surface area contributed by atoms with Crippen LogP contribution in [0.4, 0.5) is 11.5 Å². The number of pyridine rings is 1. The highest BCUT2D eigenvalue weighted by atomic mass is 35.5. The molecule has 3 aromatic rings. The van der Waals surface area contributed by atoms with E-state index in [0.717, 1.165) is 0 Å². The average Bonchev–Trinajstić information content (AvgIpc) is 2.84. The van der Waals surface area contributed by atoms with E-state index in [1.54, 1.807) is 54.6 Å². The summed E-state index contributed by atoms with van der Waals surface area (Å²) in [5.41, 5.74) is -0.0522. The summed E-state index contributed by atoms with van der Waals surface area (Å²) < 4.78 is 11.0. The van der Waals surface area contributed by atoms with Crippen LogP contribution in [0, 0.1) is 10.1 Å². The molecule has 0 N–H and O–H groups in total. The number of anilines is 1. The predicted octanol–water partition coefficient (Wildman–Crippen LogP) is 4.41. The van der Waals surface area contributed by atoms with E-state index < -0.39 is 4.92 Å². The van der Waals surface area contributed by atoms with Gasteiger partial charge in [0.2, 0.25) is 0 Å². The van der Waals surface area contributed by atoms with Crippen LogP contribution in [0.5, 0.6) is 17.2 Å². The Morgan fingerprint density at radius 3 is 2.39 bits per heavy atom. The lowest BCUT2D eigenvalue weighted by molar-refractivity contribution is -0.384. The maximum absolute atomic E-state index is 13.3. The number of amides is 1. The number of hydrogen-bond donors (Lipinski definition) is 0. The molecule has 170 valence electrons. The molecule has 0 saturated carbocycles. The number of halogens is 1. The standard InChI is InChI=1S/C23H21ClN4O5/c1-32-17-5-7-18(8-6-17)33-21-9-4-16(28(30)31)15-19(21)23(29)27-13-11-26(12-14-27)22-20(24)3-2-10-25-22/h2-10,15H,11-14H2,1H3. The molecule has 0 spiro atoms. The molecule has 0 unspecified atom stereocenters. The Hall–Kier alpha value is -3.85. The van der Waals surface area contributed by atoms with Crippen molar-refractivity contribution in [3.63, 3.8) is 0 Å². The van der Waals surface area contributed by atoms with Crippen molar-refractivity contribution in [3.05, 3.63) is 81.5 Å². The Labute approximate surface area is 195 Å². The number of nitro groups is 1. The van der Waals surface area contributed by atoms with Crippen molar-refractivity contribution < 1.29 is 19.2 Å². The van der Waals surface area contributed by atoms with Gasteiger partial charge in [-0.2, -0.15) is 0 Å². The Morgan fingerprint density at radius 2 is 1.76 bits per heavy atom. The minimum Gasteiger partial charge on any atom is -0.497 e. The first kappa shape index (κ1) is 22.3. The van der Waals surface area contributed by atoms with Crippen molar-refractivity contribution in [1.29, 1.82) is 0 Å². The van der Waals surface area contributed by atoms with Gasteiger partial charge in [0, 0.05) is 44.5 Å². The second kappa shape index (κ2) is 9.74. The van der Waals surface area contributed by atoms with Crippen molar-refractivity contribution in [3.8, 4) is 17.2 Å².